The number of carbonyl (C=O) groups is 2. The van der Waals surface area contributed by atoms with Gasteiger partial charge in [0.25, 0.3) is 5.91 Å². The maximum absolute atomic E-state index is 12.3. The number of halogens is 1. The Balaban J connectivity index is 2.82. The number of nitrogen functional groups attached to an aromatic ring is 1. The van der Waals surface area contributed by atoms with E-state index < -0.39 is 0 Å². The van der Waals surface area contributed by atoms with Gasteiger partial charge in [-0.15, -0.1) is 0 Å². The van der Waals surface area contributed by atoms with Crippen molar-refractivity contribution in [2.24, 2.45) is 0 Å². The molecule has 0 unspecified atom stereocenters. The summed E-state index contributed by atoms with van der Waals surface area (Å²) in [5.74, 6) is -0.409. The van der Waals surface area contributed by atoms with Gasteiger partial charge in [0.2, 0.25) is 5.91 Å². The normalized spacial score (nSPS) is 10.2. The summed E-state index contributed by atoms with van der Waals surface area (Å²) >= 11 is 6.02. The van der Waals surface area contributed by atoms with Crippen LogP contribution in [0.5, 0.6) is 0 Å². The van der Waals surface area contributed by atoms with E-state index in [-0.39, 0.29) is 23.4 Å². The van der Waals surface area contributed by atoms with Crippen molar-refractivity contribution >= 4 is 29.1 Å². The first-order chi connectivity index (χ1) is 9.42. The molecule has 2 N–H and O–H groups in total. The summed E-state index contributed by atoms with van der Waals surface area (Å²) in [5.41, 5.74) is 6.33. The molecule has 6 heteroatoms. The van der Waals surface area contributed by atoms with Gasteiger partial charge in [0.1, 0.15) is 0 Å². The van der Waals surface area contributed by atoms with Crippen LogP contribution in [0.3, 0.4) is 0 Å². The van der Waals surface area contributed by atoms with Crippen LogP contribution in [0.25, 0.3) is 0 Å². The zero-order chi connectivity index (χ0) is 15.3. The lowest BCUT2D eigenvalue weighted by Gasteiger charge is -2.23. The summed E-state index contributed by atoms with van der Waals surface area (Å²) in [6.07, 6.45) is 0. The Morgan fingerprint density at radius 1 is 1.25 bits per heavy atom. The summed E-state index contributed by atoms with van der Waals surface area (Å²) in [5, 5.41) is 0.222. The van der Waals surface area contributed by atoms with Crippen LogP contribution in [0.4, 0.5) is 5.69 Å². The number of nitrogens with zero attached hydrogens (tertiary/aromatic N) is 2. The molecule has 0 aromatic heterocycles. The fraction of sp³-hybridized carbons (Fsp3) is 0.429. The number of anilines is 1. The maximum atomic E-state index is 12.3. The molecule has 1 rings (SSSR count). The lowest BCUT2D eigenvalue weighted by atomic mass is 10.1. The molecule has 0 saturated carbocycles. The van der Waals surface area contributed by atoms with Crippen molar-refractivity contribution in [3.8, 4) is 0 Å². The van der Waals surface area contributed by atoms with Gasteiger partial charge in [-0.25, -0.2) is 0 Å². The van der Waals surface area contributed by atoms with Gasteiger partial charge in [-0.3, -0.25) is 9.59 Å². The highest BCUT2D eigenvalue weighted by molar-refractivity contribution is 6.36. The summed E-state index contributed by atoms with van der Waals surface area (Å²) in [7, 11) is 1.57. The fourth-order valence-corrected chi connectivity index (χ4v) is 2.08. The van der Waals surface area contributed by atoms with E-state index in [1.54, 1.807) is 30.1 Å². The van der Waals surface area contributed by atoms with E-state index in [9.17, 15) is 9.59 Å². The van der Waals surface area contributed by atoms with Crippen LogP contribution in [0.1, 0.15) is 24.2 Å². The lowest BCUT2D eigenvalue weighted by Crippen LogP contribution is -2.41. The van der Waals surface area contributed by atoms with Crippen LogP contribution in [0.2, 0.25) is 5.02 Å². The average Bonchev–Trinajstić information content (AvgIpc) is 2.42. The molecule has 0 fully saturated rings. The van der Waals surface area contributed by atoms with E-state index in [1.807, 2.05) is 13.8 Å². The Morgan fingerprint density at radius 3 is 2.40 bits per heavy atom. The van der Waals surface area contributed by atoms with Crippen LogP contribution >= 0.6 is 11.6 Å². The van der Waals surface area contributed by atoms with Crippen LogP contribution in [-0.4, -0.2) is 48.3 Å². The molecule has 110 valence electrons. The minimum atomic E-state index is -0.317. The molecule has 0 aliphatic rings. The van der Waals surface area contributed by atoms with Crippen molar-refractivity contribution in [2.45, 2.75) is 13.8 Å². The first kappa shape index (κ1) is 16.3. The van der Waals surface area contributed by atoms with Crippen LogP contribution in [-0.2, 0) is 4.79 Å². The number of likely N-dealkylation sites (N-methyl/N-ethyl adjacent to an activating group) is 2. The number of nitrogens with two attached hydrogens (primary N) is 1. The highest BCUT2D eigenvalue weighted by Crippen LogP contribution is 2.23. The monoisotopic (exact) mass is 297 g/mol. The number of carbonyl (C=O) groups excluding carboxylic acids is 2. The third-order valence-corrected chi connectivity index (χ3v) is 3.52. The quantitative estimate of drug-likeness (QED) is 0.844. The van der Waals surface area contributed by atoms with Crippen molar-refractivity contribution < 1.29 is 9.59 Å². The van der Waals surface area contributed by atoms with Gasteiger partial charge in [0.05, 0.1) is 22.8 Å². The third-order valence-electron chi connectivity index (χ3n) is 3.09. The molecule has 20 heavy (non-hydrogen) atoms. The summed E-state index contributed by atoms with van der Waals surface area (Å²) < 4.78 is 0. The first-order valence-electron chi connectivity index (χ1n) is 6.49. The Labute approximate surface area is 124 Å². The molecule has 1 aromatic rings. The molecule has 2 amide bonds. The molecule has 0 radical (unpaired) electrons. The number of hydrogen-bond acceptors (Lipinski definition) is 3. The van der Waals surface area contributed by atoms with Gasteiger partial charge < -0.3 is 15.5 Å². The second-order valence-corrected chi connectivity index (χ2v) is 4.81. The zero-order valence-corrected chi connectivity index (χ0v) is 12.8. The number of amides is 2. The predicted molar refractivity (Wildman–Crippen MR) is 80.8 cm³/mol. The SMILES string of the molecule is CCN(CC)C(=O)CN(C)C(=O)c1cccc(N)c1Cl. The third kappa shape index (κ3) is 3.63. The molecule has 0 heterocycles. The minimum absolute atomic E-state index is 0.0195. The Hall–Kier alpha value is -1.75. The predicted octanol–water partition coefficient (Wildman–Crippen LogP) is 1.86. The number of hydrogen-bond donors (Lipinski definition) is 1. The molecule has 1 aromatic carbocycles. The number of rotatable bonds is 5. The van der Waals surface area contributed by atoms with E-state index in [0.29, 0.717) is 24.3 Å². The standard InChI is InChI=1S/C14H20ClN3O2/c1-4-18(5-2)12(19)9-17(3)14(20)10-7-6-8-11(16)13(10)15/h6-8H,4-5,9,16H2,1-3H3. The summed E-state index contributed by atoms with van der Waals surface area (Å²) in [6.45, 7) is 5.06. The smallest absolute Gasteiger partial charge is 0.255 e. The van der Waals surface area contributed by atoms with Gasteiger partial charge in [0.15, 0.2) is 0 Å². The van der Waals surface area contributed by atoms with E-state index in [4.69, 9.17) is 17.3 Å². The average molecular weight is 298 g/mol. The van der Waals surface area contributed by atoms with Gasteiger partial charge >= 0.3 is 0 Å². The van der Waals surface area contributed by atoms with Gasteiger partial charge in [-0.2, -0.15) is 0 Å². The largest absolute Gasteiger partial charge is 0.398 e. The van der Waals surface area contributed by atoms with Crippen molar-refractivity contribution in [2.75, 3.05) is 32.4 Å². The first-order valence-corrected chi connectivity index (χ1v) is 6.87. The zero-order valence-electron chi connectivity index (χ0n) is 12.0. The minimum Gasteiger partial charge on any atom is -0.398 e. The summed E-state index contributed by atoms with van der Waals surface area (Å²) in [6, 6.07) is 4.88. The fourth-order valence-electron chi connectivity index (χ4n) is 1.87. The van der Waals surface area contributed by atoms with Gasteiger partial charge in [0, 0.05) is 20.1 Å². The maximum Gasteiger partial charge on any atom is 0.255 e. The second kappa shape index (κ2) is 7.14. The van der Waals surface area contributed by atoms with Crippen LogP contribution in [0.15, 0.2) is 18.2 Å². The molecular formula is C14H20ClN3O2. The molecule has 0 saturated heterocycles. The van der Waals surface area contributed by atoms with E-state index in [2.05, 4.69) is 0 Å². The lowest BCUT2D eigenvalue weighted by molar-refractivity contribution is -0.131. The second-order valence-electron chi connectivity index (χ2n) is 4.44. The molecule has 0 aliphatic heterocycles. The summed E-state index contributed by atoms with van der Waals surface area (Å²) in [4.78, 5) is 27.3. The molecular weight excluding hydrogens is 278 g/mol. The number of benzene rings is 1. The Morgan fingerprint density at radius 2 is 1.85 bits per heavy atom. The van der Waals surface area contributed by atoms with Gasteiger partial charge in [-0.05, 0) is 26.0 Å². The topological polar surface area (TPSA) is 66.6 Å². The Bertz CT molecular complexity index is 501. The molecule has 0 bridgehead atoms. The van der Waals surface area contributed by atoms with Gasteiger partial charge in [-0.1, -0.05) is 17.7 Å². The molecule has 5 nitrogen and oxygen atoms in total. The molecule has 0 atom stereocenters. The highest BCUT2D eigenvalue weighted by atomic mass is 35.5. The van der Waals surface area contributed by atoms with E-state index >= 15 is 0 Å². The van der Waals surface area contributed by atoms with Crippen molar-refractivity contribution in [1.82, 2.24) is 9.80 Å². The van der Waals surface area contributed by atoms with E-state index in [0.717, 1.165) is 0 Å². The molecule has 0 aliphatic carbocycles. The van der Waals surface area contributed by atoms with Crippen molar-refractivity contribution in [3.63, 3.8) is 0 Å². The van der Waals surface area contributed by atoms with Crippen LogP contribution in [0, 0.1) is 0 Å². The van der Waals surface area contributed by atoms with Crippen molar-refractivity contribution in [3.05, 3.63) is 28.8 Å². The highest BCUT2D eigenvalue weighted by Gasteiger charge is 2.20. The van der Waals surface area contributed by atoms with Crippen molar-refractivity contribution in [1.29, 1.82) is 0 Å². The Kier molecular flexibility index (Phi) is 5.82. The van der Waals surface area contributed by atoms with Crippen LogP contribution < -0.4 is 5.73 Å². The van der Waals surface area contributed by atoms with E-state index in [1.165, 1.54) is 4.90 Å². The molecule has 0 spiro atoms.